The lowest BCUT2D eigenvalue weighted by Crippen LogP contribution is -2.19. The number of hydrogen-bond donors (Lipinski definition) is 2. The molecule has 26 heavy (non-hydrogen) atoms. The predicted molar refractivity (Wildman–Crippen MR) is 105 cm³/mol. The average molecular weight is 365 g/mol. The highest BCUT2D eigenvalue weighted by atomic mass is 35.5. The molecule has 3 aromatic carbocycles. The molecule has 4 nitrogen and oxygen atoms in total. The van der Waals surface area contributed by atoms with E-state index in [4.69, 9.17) is 11.6 Å². The first-order chi connectivity index (χ1) is 12.6. The highest BCUT2D eigenvalue weighted by Crippen LogP contribution is 2.19. The fourth-order valence-electron chi connectivity index (χ4n) is 2.50. The minimum Gasteiger partial charge on any atom is -0.325 e. The minimum atomic E-state index is -0.303. The molecule has 0 aliphatic heterocycles. The van der Waals surface area contributed by atoms with Gasteiger partial charge in [0.2, 0.25) is 5.91 Å². The Bertz CT molecular complexity index is 909. The highest BCUT2D eigenvalue weighted by molar-refractivity contribution is 6.30. The van der Waals surface area contributed by atoms with Crippen LogP contribution in [0, 0.1) is 0 Å². The number of carbonyl (C=O) groups excluding carboxylic acids is 2. The molecule has 0 unspecified atom stereocenters. The van der Waals surface area contributed by atoms with Crippen LogP contribution in [0.4, 0.5) is 11.4 Å². The van der Waals surface area contributed by atoms with E-state index in [1.54, 1.807) is 48.5 Å². The summed E-state index contributed by atoms with van der Waals surface area (Å²) in [6.45, 7) is 0. The molecule has 0 aliphatic carbocycles. The Kier molecular flexibility index (Phi) is 5.66. The largest absolute Gasteiger partial charge is 0.325 e. The van der Waals surface area contributed by atoms with Gasteiger partial charge in [-0.3, -0.25) is 9.59 Å². The van der Waals surface area contributed by atoms with Crippen molar-refractivity contribution in [2.45, 2.75) is 6.42 Å². The Balaban J connectivity index is 1.72. The van der Waals surface area contributed by atoms with E-state index in [1.807, 2.05) is 30.3 Å². The zero-order valence-electron chi connectivity index (χ0n) is 13.9. The van der Waals surface area contributed by atoms with E-state index >= 15 is 0 Å². The summed E-state index contributed by atoms with van der Waals surface area (Å²) in [5.74, 6) is -0.481. The maximum absolute atomic E-state index is 12.6. The first-order valence-corrected chi connectivity index (χ1v) is 8.49. The van der Waals surface area contributed by atoms with Crippen molar-refractivity contribution in [3.05, 3.63) is 95.0 Å². The number of para-hydroxylation sites is 1. The van der Waals surface area contributed by atoms with Crippen molar-refractivity contribution in [3.8, 4) is 0 Å². The molecule has 0 heterocycles. The second-order valence-electron chi connectivity index (χ2n) is 5.72. The summed E-state index contributed by atoms with van der Waals surface area (Å²) in [4.78, 5) is 24.9. The highest BCUT2D eigenvalue weighted by Gasteiger charge is 2.13. The number of amides is 2. The normalized spacial score (nSPS) is 10.2. The molecule has 0 saturated heterocycles. The van der Waals surface area contributed by atoms with Gasteiger partial charge in [0.25, 0.3) is 5.91 Å². The molecule has 2 amide bonds. The molecule has 3 aromatic rings. The van der Waals surface area contributed by atoms with E-state index in [1.165, 1.54) is 0 Å². The fraction of sp³-hybridized carbons (Fsp3) is 0.0476. The molecule has 0 saturated carbocycles. The van der Waals surface area contributed by atoms with Crippen LogP contribution in [0.15, 0.2) is 78.9 Å². The third-order valence-corrected chi connectivity index (χ3v) is 4.01. The topological polar surface area (TPSA) is 58.2 Å². The van der Waals surface area contributed by atoms with E-state index in [0.29, 0.717) is 22.0 Å². The van der Waals surface area contributed by atoms with Crippen molar-refractivity contribution in [2.24, 2.45) is 0 Å². The van der Waals surface area contributed by atoms with Crippen LogP contribution in [0.2, 0.25) is 5.02 Å². The SMILES string of the molecule is O=C(Cc1ccccc1)Nc1ccccc1C(=O)Nc1ccc(Cl)cc1. The first kappa shape index (κ1) is 17.7. The smallest absolute Gasteiger partial charge is 0.257 e. The number of hydrogen-bond acceptors (Lipinski definition) is 2. The van der Waals surface area contributed by atoms with Crippen molar-refractivity contribution in [2.75, 3.05) is 10.6 Å². The van der Waals surface area contributed by atoms with Gasteiger partial charge >= 0.3 is 0 Å². The van der Waals surface area contributed by atoms with Gasteiger partial charge in [0.15, 0.2) is 0 Å². The number of anilines is 2. The van der Waals surface area contributed by atoms with E-state index in [0.717, 1.165) is 5.56 Å². The molecule has 0 fully saturated rings. The Morgan fingerprint density at radius 2 is 1.42 bits per heavy atom. The molecule has 3 rings (SSSR count). The van der Waals surface area contributed by atoms with Crippen LogP contribution in [0.3, 0.4) is 0 Å². The van der Waals surface area contributed by atoms with E-state index < -0.39 is 0 Å². The monoisotopic (exact) mass is 364 g/mol. The van der Waals surface area contributed by atoms with Crippen molar-refractivity contribution in [1.29, 1.82) is 0 Å². The van der Waals surface area contributed by atoms with Gasteiger partial charge < -0.3 is 10.6 Å². The molecule has 130 valence electrons. The lowest BCUT2D eigenvalue weighted by Gasteiger charge is -2.11. The predicted octanol–water partition coefficient (Wildman–Crippen LogP) is 4.77. The van der Waals surface area contributed by atoms with Crippen molar-refractivity contribution < 1.29 is 9.59 Å². The summed E-state index contributed by atoms with van der Waals surface area (Å²) in [5.41, 5.74) is 2.40. The van der Waals surface area contributed by atoms with Crippen molar-refractivity contribution in [1.82, 2.24) is 0 Å². The maximum Gasteiger partial charge on any atom is 0.257 e. The summed E-state index contributed by atoms with van der Waals surface area (Å²) >= 11 is 5.85. The number of benzene rings is 3. The van der Waals surface area contributed by atoms with Gasteiger partial charge in [-0.1, -0.05) is 54.1 Å². The summed E-state index contributed by atoms with van der Waals surface area (Å²) in [7, 11) is 0. The van der Waals surface area contributed by atoms with Crippen LogP contribution < -0.4 is 10.6 Å². The van der Waals surface area contributed by atoms with Gasteiger partial charge in [-0.05, 0) is 42.0 Å². The molecular formula is C21H17ClN2O2. The molecule has 0 atom stereocenters. The van der Waals surface area contributed by atoms with Crippen LogP contribution in [0.25, 0.3) is 0 Å². The van der Waals surface area contributed by atoms with Crippen LogP contribution >= 0.6 is 11.6 Å². The number of rotatable bonds is 5. The number of nitrogens with one attached hydrogen (secondary N) is 2. The maximum atomic E-state index is 12.6. The minimum absolute atomic E-state index is 0.178. The quantitative estimate of drug-likeness (QED) is 0.684. The lowest BCUT2D eigenvalue weighted by atomic mass is 10.1. The molecule has 5 heteroatoms. The zero-order valence-corrected chi connectivity index (χ0v) is 14.7. The van der Waals surface area contributed by atoms with Crippen LogP contribution in [-0.2, 0) is 11.2 Å². The molecule has 0 aromatic heterocycles. The van der Waals surface area contributed by atoms with Crippen LogP contribution in [-0.4, -0.2) is 11.8 Å². The molecule has 0 bridgehead atoms. The second kappa shape index (κ2) is 8.32. The molecular weight excluding hydrogens is 348 g/mol. The molecule has 2 N–H and O–H groups in total. The van der Waals surface area contributed by atoms with E-state index in [2.05, 4.69) is 10.6 Å². The fourth-order valence-corrected chi connectivity index (χ4v) is 2.62. The van der Waals surface area contributed by atoms with Crippen LogP contribution in [0.5, 0.6) is 0 Å². The lowest BCUT2D eigenvalue weighted by molar-refractivity contribution is -0.115. The Hall–Kier alpha value is -3.11. The average Bonchev–Trinajstić information content (AvgIpc) is 2.65. The second-order valence-corrected chi connectivity index (χ2v) is 6.15. The third kappa shape index (κ3) is 4.71. The first-order valence-electron chi connectivity index (χ1n) is 8.11. The van der Waals surface area contributed by atoms with E-state index in [-0.39, 0.29) is 18.2 Å². The third-order valence-electron chi connectivity index (χ3n) is 3.76. The van der Waals surface area contributed by atoms with Gasteiger partial charge in [0.05, 0.1) is 17.7 Å². The van der Waals surface area contributed by atoms with Gasteiger partial charge in [0, 0.05) is 10.7 Å². The van der Waals surface area contributed by atoms with Gasteiger partial charge in [-0.15, -0.1) is 0 Å². The Morgan fingerprint density at radius 3 is 2.15 bits per heavy atom. The number of halogens is 1. The summed E-state index contributed by atoms with van der Waals surface area (Å²) in [6.07, 6.45) is 0.244. The van der Waals surface area contributed by atoms with Gasteiger partial charge in [-0.2, -0.15) is 0 Å². The summed E-state index contributed by atoms with van der Waals surface area (Å²) < 4.78 is 0. The Labute approximate surface area is 156 Å². The van der Waals surface area contributed by atoms with Crippen LogP contribution in [0.1, 0.15) is 15.9 Å². The molecule has 0 spiro atoms. The van der Waals surface area contributed by atoms with Gasteiger partial charge in [-0.25, -0.2) is 0 Å². The Morgan fingerprint density at radius 1 is 0.769 bits per heavy atom. The van der Waals surface area contributed by atoms with Crippen molar-refractivity contribution >= 4 is 34.8 Å². The van der Waals surface area contributed by atoms with E-state index in [9.17, 15) is 9.59 Å². The van der Waals surface area contributed by atoms with Gasteiger partial charge in [0.1, 0.15) is 0 Å². The zero-order chi connectivity index (χ0) is 18.4. The molecule has 0 radical (unpaired) electrons. The number of carbonyl (C=O) groups is 2. The summed E-state index contributed by atoms with van der Waals surface area (Å²) in [5, 5.41) is 6.21. The standard InChI is InChI=1S/C21H17ClN2O2/c22-16-10-12-17(13-11-16)23-21(26)18-8-4-5-9-19(18)24-20(25)14-15-6-2-1-3-7-15/h1-13H,14H2,(H,23,26)(H,24,25). The molecule has 0 aliphatic rings. The summed E-state index contributed by atoms with van der Waals surface area (Å²) in [6, 6.07) is 23.2. The van der Waals surface area contributed by atoms with Crippen molar-refractivity contribution in [3.63, 3.8) is 0 Å².